The van der Waals surface area contributed by atoms with Crippen molar-refractivity contribution in [2.24, 2.45) is 5.73 Å². The molecule has 21 heavy (non-hydrogen) atoms. The summed E-state index contributed by atoms with van der Waals surface area (Å²) in [6.45, 7) is 6.19. The van der Waals surface area contributed by atoms with Crippen LogP contribution < -0.4 is 10.6 Å². The highest BCUT2D eigenvalue weighted by molar-refractivity contribution is 5.55. The van der Waals surface area contributed by atoms with Crippen LogP contribution in [0.2, 0.25) is 0 Å². The number of benzene rings is 1. The molecule has 1 aliphatic rings. The van der Waals surface area contributed by atoms with E-state index in [2.05, 4.69) is 60.4 Å². The predicted octanol–water partition coefficient (Wildman–Crippen LogP) is 3.26. The van der Waals surface area contributed by atoms with E-state index >= 15 is 0 Å². The molecule has 1 aliphatic heterocycles. The predicted molar refractivity (Wildman–Crippen MR) is 86.3 cm³/mol. The number of hydrogen-bond donors (Lipinski definition) is 1. The summed E-state index contributed by atoms with van der Waals surface area (Å²) >= 11 is 0. The van der Waals surface area contributed by atoms with Crippen molar-refractivity contribution in [2.75, 3.05) is 11.4 Å². The molecule has 2 N–H and O–H groups in total. The Balaban J connectivity index is 1.85. The molecule has 112 valence electrons. The zero-order valence-electron chi connectivity index (χ0n) is 12.9. The second-order valence-corrected chi connectivity index (χ2v) is 6.11. The molecule has 2 heterocycles. The number of nitrogens with two attached hydrogens (primary N) is 1. The standard InChI is InChI=1S/C17H24N4/c1-13(2)21-11-9-14(19-21)12-20-10-5-7-16(18)15-6-3-4-8-17(15)20/h3-4,6,8-9,11,13,16H,5,7,10,12,18H2,1-2H3. The number of para-hydroxylation sites is 1. The molecule has 1 aromatic carbocycles. The van der Waals surface area contributed by atoms with Crippen molar-refractivity contribution in [2.45, 2.75) is 45.3 Å². The summed E-state index contributed by atoms with van der Waals surface area (Å²) in [7, 11) is 0. The maximum Gasteiger partial charge on any atom is 0.0817 e. The van der Waals surface area contributed by atoms with E-state index in [4.69, 9.17) is 5.73 Å². The van der Waals surface area contributed by atoms with Crippen molar-refractivity contribution in [3.05, 3.63) is 47.8 Å². The van der Waals surface area contributed by atoms with Crippen molar-refractivity contribution >= 4 is 5.69 Å². The van der Waals surface area contributed by atoms with Gasteiger partial charge in [-0.3, -0.25) is 4.68 Å². The fourth-order valence-electron chi connectivity index (χ4n) is 2.98. The smallest absolute Gasteiger partial charge is 0.0817 e. The molecule has 0 aliphatic carbocycles. The van der Waals surface area contributed by atoms with Gasteiger partial charge < -0.3 is 10.6 Å². The monoisotopic (exact) mass is 284 g/mol. The molecular weight excluding hydrogens is 260 g/mol. The lowest BCUT2D eigenvalue weighted by atomic mass is 10.0. The van der Waals surface area contributed by atoms with Crippen LogP contribution in [0.1, 0.15) is 50.0 Å². The second-order valence-electron chi connectivity index (χ2n) is 6.11. The van der Waals surface area contributed by atoms with Crippen molar-refractivity contribution in [1.29, 1.82) is 0 Å². The lowest BCUT2D eigenvalue weighted by Gasteiger charge is -2.24. The van der Waals surface area contributed by atoms with Crippen LogP contribution in [0, 0.1) is 0 Å². The quantitative estimate of drug-likeness (QED) is 0.941. The normalized spacial score (nSPS) is 18.7. The van der Waals surface area contributed by atoms with Crippen LogP contribution in [-0.2, 0) is 6.54 Å². The van der Waals surface area contributed by atoms with Crippen LogP contribution in [0.25, 0.3) is 0 Å². The minimum absolute atomic E-state index is 0.152. The molecule has 2 aromatic rings. The summed E-state index contributed by atoms with van der Waals surface area (Å²) in [6, 6.07) is 11.2. The first-order chi connectivity index (χ1) is 10.1. The summed E-state index contributed by atoms with van der Waals surface area (Å²) in [5.74, 6) is 0. The SMILES string of the molecule is CC(C)n1ccc(CN2CCCC(N)c3ccccc32)n1. The van der Waals surface area contributed by atoms with Gasteiger partial charge in [0.05, 0.1) is 12.2 Å². The average molecular weight is 284 g/mol. The van der Waals surface area contributed by atoms with Gasteiger partial charge in [-0.05, 0) is 44.4 Å². The van der Waals surface area contributed by atoms with E-state index in [9.17, 15) is 0 Å². The highest BCUT2D eigenvalue weighted by Crippen LogP contribution is 2.32. The first-order valence-corrected chi connectivity index (χ1v) is 7.78. The topological polar surface area (TPSA) is 47.1 Å². The molecule has 0 saturated heterocycles. The van der Waals surface area contributed by atoms with Crippen LogP contribution in [0.4, 0.5) is 5.69 Å². The van der Waals surface area contributed by atoms with Gasteiger partial charge in [0, 0.05) is 30.5 Å². The number of rotatable bonds is 3. The van der Waals surface area contributed by atoms with Gasteiger partial charge in [-0.2, -0.15) is 5.10 Å². The van der Waals surface area contributed by atoms with Gasteiger partial charge in [0.2, 0.25) is 0 Å². The van der Waals surface area contributed by atoms with Crippen LogP contribution in [0.3, 0.4) is 0 Å². The first kappa shape index (κ1) is 14.1. The molecule has 0 radical (unpaired) electrons. The number of aromatic nitrogens is 2. The molecule has 0 amide bonds. The molecule has 0 fully saturated rings. The lowest BCUT2D eigenvalue weighted by Crippen LogP contribution is -2.24. The molecule has 1 unspecified atom stereocenters. The third-order valence-corrected chi connectivity index (χ3v) is 4.17. The fourth-order valence-corrected chi connectivity index (χ4v) is 2.98. The van der Waals surface area contributed by atoms with E-state index in [-0.39, 0.29) is 6.04 Å². The highest BCUT2D eigenvalue weighted by atomic mass is 15.3. The largest absolute Gasteiger partial charge is 0.365 e. The Labute approximate surface area is 126 Å². The van der Waals surface area contributed by atoms with Crippen molar-refractivity contribution in [3.8, 4) is 0 Å². The zero-order chi connectivity index (χ0) is 14.8. The molecule has 3 rings (SSSR count). The van der Waals surface area contributed by atoms with Crippen molar-refractivity contribution in [3.63, 3.8) is 0 Å². The Morgan fingerprint density at radius 3 is 2.86 bits per heavy atom. The average Bonchev–Trinajstić information content (AvgIpc) is 2.89. The second kappa shape index (κ2) is 5.90. The molecule has 0 spiro atoms. The summed E-state index contributed by atoms with van der Waals surface area (Å²) in [5, 5.41) is 4.67. The Bertz CT molecular complexity index is 602. The number of fused-ring (bicyclic) bond motifs is 1. The third-order valence-electron chi connectivity index (χ3n) is 4.17. The third kappa shape index (κ3) is 2.95. The van der Waals surface area contributed by atoms with E-state index in [1.807, 2.05) is 4.68 Å². The maximum absolute atomic E-state index is 6.30. The fraction of sp³-hybridized carbons (Fsp3) is 0.471. The Morgan fingerprint density at radius 2 is 2.10 bits per heavy atom. The minimum Gasteiger partial charge on any atom is -0.365 e. The van der Waals surface area contributed by atoms with E-state index < -0.39 is 0 Å². The van der Waals surface area contributed by atoms with Crippen LogP contribution >= 0.6 is 0 Å². The molecule has 1 atom stereocenters. The van der Waals surface area contributed by atoms with Crippen LogP contribution in [0.5, 0.6) is 0 Å². The summed E-state index contributed by atoms with van der Waals surface area (Å²) in [6.07, 6.45) is 4.24. The molecule has 0 bridgehead atoms. The van der Waals surface area contributed by atoms with Gasteiger partial charge in [0.1, 0.15) is 0 Å². The van der Waals surface area contributed by atoms with Gasteiger partial charge in [-0.1, -0.05) is 18.2 Å². The van der Waals surface area contributed by atoms with Gasteiger partial charge in [-0.25, -0.2) is 0 Å². The zero-order valence-corrected chi connectivity index (χ0v) is 12.9. The van der Waals surface area contributed by atoms with Gasteiger partial charge in [0.25, 0.3) is 0 Å². The highest BCUT2D eigenvalue weighted by Gasteiger charge is 2.20. The Morgan fingerprint density at radius 1 is 1.29 bits per heavy atom. The first-order valence-electron chi connectivity index (χ1n) is 7.78. The molecule has 0 saturated carbocycles. The Hall–Kier alpha value is -1.81. The van der Waals surface area contributed by atoms with E-state index in [0.717, 1.165) is 31.6 Å². The maximum atomic E-state index is 6.30. The van der Waals surface area contributed by atoms with Crippen LogP contribution in [-0.4, -0.2) is 16.3 Å². The van der Waals surface area contributed by atoms with E-state index in [1.54, 1.807) is 0 Å². The lowest BCUT2D eigenvalue weighted by molar-refractivity contribution is 0.524. The Kier molecular flexibility index (Phi) is 3.97. The summed E-state index contributed by atoms with van der Waals surface area (Å²) < 4.78 is 2.02. The van der Waals surface area contributed by atoms with Gasteiger partial charge in [0.15, 0.2) is 0 Å². The molecule has 4 nitrogen and oxygen atoms in total. The minimum atomic E-state index is 0.152. The van der Waals surface area contributed by atoms with Crippen LogP contribution in [0.15, 0.2) is 36.5 Å². The summed E-state index contributed by atoms with van der Waals surface area (Å²) in [4.78, 5) is 2.41. The van der Waals surface area contributed by atoms with E-state index in [1.165, 1.54) is 11.3 Å². The molecule has 4 heteroatoms. The van der Waals surface area contributed by atoms with Gasteiger partial charge in [-0.15, -0.1) is 0 Å². The number of hydrogen-bond acceptors (Lipinski definition) is 3. The number of anilines is 1. The summed E-state index contributed by atoms with van der Waals surface area (Å²) in [5.41, 5.74) is 9.95. The number of nitrogens with zero attached hydrogens (tertiary/aromatic N) is 3. The molecule has 1 aromatic heterocycles. The van der Waals surface area contributed by atoms with E-state index in [0.29, 0.717) is 6.04 Å². The van der Waals surface area contributed by atoms with Gasteiger partial charge >= 0.3 is 0 Å². The van der Waals surface area contributed by atoms with Crippen molar-refractivity contribution < 1.29 is 0 Å². The molecular formula is C17H24N4. The van der Waals surface area contributed by atoms with Crippen molar-refractivity contribution in [1.82, 2.24) is 9.78 Å².